The molecule has 2 aromatic rings. The fourth-order valence-corrected chi connectivity index (χ4v) is 4.15. The molecule has 3 rings (SSSR count). The van der Waals surface area contributed by atoms with Gasteiger partial charge in [0.05, 0.1) is 30.7 Å². The molecule has 0 saturated carbocycles. The molecule has 1 aliphatic heterocycles. The molecule has 0 bridgehead atoms. The van der Waals surface area contributed by atoms with E-state index in [2.05, 4.69) is 0 Å². The van der Waals surface area contributed by atoms with Crippen molar-refractivity contribution in [1.29, 1.82) is 0 Å². The first kappa shape index (κ1) is 20.9. The molecule has 2 amide bonds. The molecule has 0 aliphatic carbocycles. The van der Waals surface area contributed by atoms with Crippen LogP contribution in [0, 0.1) is 0 Å². The third-order valence-corrected chi connectivity index (χ3v) is 5.98. The molecule has 1 fully saturated rings. The molecule has 0 N–H and O–H groups in total. The highest BCUT2D eigenvalue weighted by molar-refractivity contribution is 8.18. The van der Waals surface area contributed by atoms with Crippen molar-refractivity contribution < 1.29 is 19.1 Å². The number of thioether (sulfide) groups is 1. The van der Waals surface area contributed by atoms with Crippen LogP contribution >= 0.6 is 46.6 Å². The Labute approximate surface area is 181 Å². The number of nitrogens with zero attached hydrogens (tertiary/aromatic N) is 1. The van der Waals surface area contributed by atoms with Gasteiger partial charge in [0.2, 0.25) is 0 Å². The smallest absolute Gasteiger partial charge is 0.293 e. The molecule has 9 heteroatoms. The standard InChI is InChI=1S/C19H14Cl3NO4S/c1-26-15-6-10(14(22)8-16(15)27-2)7-17-18(24)23(19(25)28-17)9-11-12(20)4-3-5-13(11)21/h3-8H,9H2,1-2H3/b17-7-. The van der Waals surface area contributed by atoms with Crippen LogP contribution in [0.5, 0.6) is 11.5 Å². The Hall–Kier alpha value is -1.86. The molecule has 1 heterocycles. The number of rotatable bonds is 5. The lowest BCUT2D eigenvalue weighted by atomic mass is 10.1. The summed E-state index contributed by atoms with van der Waals surface area (Å²) in [5, 5.41) is 0.722. The monoisotopic (exact) mass is 457 g/mol. The Morgan fingerprint density at radius 3 is 2.21 bits per heavy atom. The topological polar surface area (TPSA) is 55.8 Å². The van der Waals surface area contributed by atoms with Crippen molar-refractivity contribution in [2.75, 3.05) is 14.2 Å². The van der Waals surface area contributed by atoms with Crippen molar-refractivity contribution >= 4 is 63.8 Å². The maximum absolute atomic E-state index is 12.8. The molecule has 1 saturated heterocycles. The fourth-order valence-electron chi connectivity index (χ4n) is 2.60. The zero-order valence-corrected chi connectivity index (χ0v) is 17.9. The molecule has 0 atom stereocenters. The van der Waals surface area contributed by atoms with Crippen molar-refractivity contribution in [3.63, 3.8) is 0 Å². The number of hydrogen-bond donors (Lipinski definition) is 0. The summed E-state index contributed by atoms with van der Waals surface area (Å²) in [5.74, 6) is 0.475. The number of amides is 2. The van der Waals surface area contributed by atoms with Crippen molar-refractivity contribution in [2.45, 2.75) is 6.54 Å². The lowest BCUT2D eigenvalue weighted by Crippen LogP contribution is -2.27. The molecule has 0 spiro atoms. The van der Waals surface area contributed by atoms with E-state index in [0.29, 0.717) is 37.7 Å². The number of carbonyl (C=O) groups excluding carboxylic acids is 2. The van der Waals surface area contributed by atoms with Crippen LogP contribution in [0.3, 0.4) is 0 Å². The predicted octanol–water partition coefficient (Wildman–Crippen LogP) is 5.90. The zero-order valence-electron chi connectivity index (χ0n) is 14.8. The quantitative estimate of drug-likeness (QED) is 0.522. The van der Waals surface area contributed by atoms with Crippen molar-refractivity contribution in [1.82, 2.24) is 4.90 Å². The Morgan fingerprint density at radius 1 is 1.00 bits per heavy atom. The fraction of sp³-hybridized carbons (Fsp3) is 0.158. The molecule has 28 heavy (non-hydrogen) atoms. The van der Waals surface area contributed by atoms with Crippen LogP contribution in [-0.4, -0.2) is 30.3 Å². The average molecular weight is 459 g/mol. The summed E-state index contributed by atoms with van der Waals surface area (Å²) in [4.78, 5) is 26.5. The van der Waals surface area contributed by atoms with Crippen LogP contribution in [0.4, 0.5) is 4.79 Å². The first-order valence-electron chi connectivity index (χ1n) is 7.95. The number of ether oxygens (including phenoxy) is 2. The molecule has 0 aromatic heterocycles. The number of benzene rings is 2. The van der Waals surface area contributed by atoms with Crippen molar-refractivity contribution in [3.8, 4) is 11.5 Å². The van der Waals surface area contributed by atoms with Crippen LogP contribution in [0.1, 0.15) is 11.1 Å². The van der Waals surface area contributed by atoms with Gasteiger partial charge < -0.3 is 9.47 Å². The van der Waals surface area contributed by atoms with Crippen LogP contribution in [0.2, 0.25) is 15.1 Å². The first-order chi connectivity index (χ1) is 13.3. The minimum Gasteiger partial charge on any atom is -0.493 e. The molecular weight excluding hydrogens is 445 g/mol. The van der Waals surface area contributed by atoms with Gasteiger partial charge in [-0.05, 0) is 41.6 Å². The van der Waals surface area contributed by atoms with E-state index in [-0.39, 0.29) is 11.4 Å². The van der Waals surface area contributed by atoms with Gasteiger partial charge in [-0.3, -0.25) is 14.5 Å². The molecular formula is C19H14Cl3NO4S. The second kappa shape index (κ2) is 8.66. The van der Waals surface area contributed by atoms with Gasteiger partial charge in [0.15, 0.2) is 11.5 Å². The van der Waals surface area contributed by atoms with E-state index >= 15 is 0 Å². The third kappa shape index (κ3) is 4.10. The highest BCUT2D eigenvalue weighted by Gasteiger charge is 2.36. The van der Waals surface area contributed by atoms with Gasteiger partial charge in [-0.2, -0.15) is 0 Å². The lowest BCUT2D eigenvalue weighted by Gasteiger charge is -2.14. The Balaban J connectivity index is 1.92. The second-order valence-electron chi connectivity index (χ2n) is 5.70. The maximum atomic E-state index is 12.8. The second-order valence-corrected chi connectivity index (χ2v) is 7.91. The normalized spacial score (nSPS) is 15.5. The SMILES string of the molecule is COc1cc(Cl)c(/C=C2\SC(=O)N(Cc3c(Cl)cccc3Cl)C2=O)cc1OC. The minimum absolute atomic E-state index is 0.0137. The minimum atomic E-state index is -0.447. The number of hydrogen-bond acceptors (Lipinski definition) is 5. The highest BCUT2D eigenvalue weighted by atomic mass is 35.5. The van der Waals surface area contributed by atoms with E-state index in [4.69, 9.17) is 44.3 Å². The summed E-state index contributed by atoms with van der Waals surface area (Å²) in [6.45, 7) is -0.0137. The van der Waals surface area contributed by atoms with Gasteiger partial charge in [-0.15, -0.1) is 0 Å². The summed E-state index contributed by atoms with van der Waals surface area (Å²) in [5.41, 5.74) is 1.04. The summed E-state index contributed by atoms with van der Waals surface area (Å²) in [6, 6.07) is 8.23. The van der Waals surface area contributed by atoms with Crippen LogP contribution < -0.4 is 9.47 Å². The zero-order chi connectivity index (χ0) is 20.4. The average Bonchev–Trinajstić information content (AvgIpc) is 2.93. The molecule has 1 aliphatic rings. The van der Waals surface area contributed by atoms with Gasteiger partial charge in [0, 0.05) is 21.7 Å². The molecule has 0 radical (unpaired) electrons. The van der Waals surface area contributed by atoms with Gasteiger partial charge in [-0.25, -0.2) is 0 Å². The largest absolute Gasteiger partial charge is 0.493 e. The Morgan fingerprint density at radius 2 is 1.61 bits per heavy atom. The Kier molecular flexibility index (Phi) is 6.45. The summed E-state index contributed by atoms with van der Waals surface area (Å²) < 4.78 is 10.5. The van der Waals surface area contributed by atoms with Crippen LogP contribution in [0.15, 0.2) is 35.2 Å². The Bertz CT molecular complexity index is 973. The number of imide groups is 1. The van der Waals surface area contributed by atoms with Crippen molar-refractivity contribution in [3.05, 3.63) is 61.4 Å². The number of halogens is 3. The van der Waals surface area contributed by atoms with E-state index in [9.17, 15) is 9.59 Å². The van der Waals surface area contributed by atoms with Crippen molar-refractivity contribution in [2.24, 2.45) is 0 Å². The van der Waals surface area contributed by atoms with Gasteiger partial charge in [0.25, 0.3) is 11.1 Å². The van der Waals surface area contributed by atoms with Crippen LogP contribution in [0.25, 0.3) is 6.08 Å². The first-order valence-corrected chi connectivity index (χ1v) is 9.90. The van der Waals surface area contributed by atoms with E-state index < -0.39 is 11.1 Å². The highest BCUT2D eigenvalue weighted by Crippen LogP contribution is 2.39. The van der Waals surface area contributed by atoms with E-state index in [1.807, 2.05) is 0 Å². The molecule has 146 valence electrons. The van der Waals surface area contributed by atoms with E-state index in [1.165, 1.54) is 14.2 Å². The summed E-state index contributed by atoms with van der Waals surface area (Å²) in [6.07, 6.45) is 1.55. The lowest BCUT2D eigenvalue weighted by molar-refractivity contribution is -0.123. The number of carbonyl (C=O) groups is 2. The van der Waals surface area contributed by atoms with E-state index in [0.717, 1.165) is 16.7 Å². The van der Waals surface area contributed by atoms with Gasteiger partial charge in [-0.1, -0.05) is 40.9 Å². The number of methoxy groups -OCH3 is 2. The van der Waals surface area contributed by atoms with Gasteiger partial charge >= 0.3 is 0 Å². The predicted molar refractivity (Wildman–Crippen MR) is 113 cm³/mol. The molecule has 0 unspecified atom stereocenters. The van der Waals surface area contributed by atoms with E-state index in [1.54, 1.807) is 36.4 Å². The van der Waals surface area contributed by atoms with Gasteiger partial charge in [0.1, 0.15) is 0 Å². The maximum Gasteiger partial charge on any atom is 0.293 e. The molecule has 2 aromatic carbocycles. The molecule has 5 nitrogen and oxygen atoms in total. The summed E-state index contributed by atoms with van der Waals surface area (Å²) in [7, 11) is 3.00. The van der Waals surface area contributed by atoms with Crippen LogP contribution in [-0.2, 0) is 11.3 Å². The summed E-state index contributed by atoms with van der Waals surface area (Å²) >= 11 is 19.4. The third-order valence-electron chi connectivity index (χ3n) is 4.04.